The van der Waals surface area contributed by atoms with E-state index < -0.39 is 0 Å². The zero-order chi connectivity index (χ0) is 21.1. The van der Waals surface area contributed by atoms with Gasteiger partial charge in [0.15, 0.2) is 5.82 Å². The highest BCUT2D eigenvalue weighted by atomic mass is 16.2. The van der Waals surface area contributed by atoms with Crippen LogP contribution < -0.4 is 20.4 Å². The van der Waals surface area contributed by atoms with E-state index in [1.165, 1.54) is 12.8 Å². The number of nitrogens with zero attached hydrogens (tertiary/aromatic N) is 4. The Morgan fingerprint density at radius 3 is 2.80 bits per heavy atom. The minimum atomic E-state index is -0.186. The smallest absolute Gasteiger partial charge is 0.328 e. The number of carbonyl (C=O) groups is 1. The first-order valence-corrected chi connectivity index (χ1v) is 11.0. The van der Waals surface area contributed by atoms with Crippen molar-refractivity contribution in [1.29, 1.82) is 0 Å². The molecule has 0 bridgehead atoms. The van der Waals surface area contributed by atoms with Gasteiger partial charge in [0.25, 0.3) is 0 Å². The summed E-state index contributed by atoms with van der Waals surface area (Å²) in [7, 11) is 0. The first-order valence-electron chi connectivity index (χ1n) is 11.0. The minimum Gasteiger partial charge on any atom is -0.382 e. The van der Waals surface area contributed by atoms with Crippen molar-refractivity contribution in [3.8, 4) is 0 Å². The second-order valence-corrected chi connectivity index (χ2v) is 8.62. The molecule has 1 atom stereocenters. The second-order valence-electron chi connectivity index (χ2n) is 8.62. The first kappa shape index (κ1) is 20.4. The number of rotatable bonds is 2. The SMILES string of the molecule is Cc1cc(C)nc(NC(=O)N2CCCCNc3ccc(N4CCCC(C)C4)nc32)c1. The molecule has 0 aliphatic carbocycles. The van der Waals surface area contributed by atoms with Crippen LogP contribution in [0.2, 0.25) is 0 Å². The van der Waals surface area contributed by atoms with Gasteiger partial charge in [-0.2, -0.15) is 0 Å². The summed E-state index contributed by atoms with van der Waals surface area (Å²) in [6.07, 6.45) is 4.38. The van der Waals surface area contributed by atoms with Gasteiger partial charge in [-0.05, 0) is 75.3 Å². The van der Waals surface area contributed by atoms with Crippen molar-refractivity contribution in [3.05, 3.63) is 35.5 Å². The van der Waals surface area contributed by atoms with Crippen LogP contribution >= 0.6 is 0 Å². The Labute approximate surface area is 178 Å². The molecular weight excluding hydrogens is 376 g/mol. The van der Waals surface area contributed by atoms with Crippen LogP contribution in [0.25, 0.3) is 0 Å². The fraction of sp³-hybridized carbons (Fsp3) is 0.522. The van der Waals surface area contributed by atoms with E-state index in [2.05, 4.69) is 39.6 Å². The molecule has 2 aliphatic rings. The van der Waals surface area contributed by atoms with Crippen molar-refractivity contribution in [2.75, 3.05) is 46.6 Å². The minimum absolute atomic E-state index is 0.186. The lowest BCUT2D eigenvalue weighted by molar-refractivity contribution is 0.256. The number of nitrogens with one attached hydrogen (secondary N) is 2. The lowest BCUT2D eigenvalue weighted by atomic mass is 10.0. The van der Waals surface area contributed by atoms with Gasteiger partial charge in [0.2, 0.25) is 0 Å². The van der Waals surface area contributed by atoms with Crippen molar-refractivity contribution >= 4 is 29.2 Å². The number of anilines is 4. The molecule has 0 aromatic carbocycles. The number of urea groups is 1. The summed E-state index contributed by atoms with van der Waals surface area (Å²) in [5.41, 5.74) is 2.87. The molecular formula is C23H32N6O. The lowest BCUT2D eigenvalue weighted by Gasteiger charge is -2.33. The molecule has 160 valence electrons. The van der Waals surface area contributed by atoms with Crippen LogP contribution in [-0.2, 0) is 0 Å². The van der Waals surface area contributed by atoms with Crippen molar-refractivity contribution < 1.29 is 4.79 Å². The summed E-state index contributed by atoms with van der Waals surface area (Å²) in [5.74, 6) is 2.89. The molecule has 7 nitrogen and oxygen atoms in total. The second kappa shape index (κ2) is 8.90. The maximum atomic E-state index is 13.3. The molecule has 2 aliphatic heterocycles. The number of carbonyl (C=O) groups excluding carboxylic acids is 1. The first-order chi connectivity index (χ1) is 14.5. The van der Waals surface area contributed by atoms with Crippen molar-refractivity contribution in [3.63, 3.8) is 0 Å². The number of amides is 2. The number of aryl methyl sites for hydroxylation is 2. The van der Waals surface area contributed by atoms with Crippen molar-refractivity contribution in [2.45, 2.75) is 46.5 Å². The predicted octanol–water partition coefficient (Wildman–Crippen LogP) is 4.57. The average Bonchev–Trinajstić information content (AvgIpc) is 2.67. The number of hydrogen-bond acceptors (Lipinski definition) is 5. The summed E-state index contributed by atoms with van der Waals surface area (Å²) < 4.78 is 0. The van der Waals surface area contributed by atoms with E-state index >= 15 is 0 Å². The third kappa shape index (κ3) is 4.66. The Bertz CT molecular complexity index is 894. The molecule has 2 N–H and O–H groups in total. The van der Waals surface area contributed by atoms with E-state index in [1.54, 1.807) is 4.90 Å². The molecule has 0 spiro atoms. The maximum absolute atomic E-state index is 13.3. The number of piperidine rings is 1. The van der Waals surface area contributed by atoms with Gasteiger partial charge in [0.05, 0.1) is 5.69 Å². The van der Waals surface area contributed by atoms with Crippen molar-refractivity contribution in [2.24, 2.45) is 5.92 Å². The molecule has 1 saturated heterocycles. The van der Waals surface area contributed by atoms with Crippen LogP contribution in [0.15, 0.2) is 24.3 Å². The van der Waals surface area contributed by atoms with Crippen LogP contribution in [0.5, 0.6) is 0 Å². The van der Waals surface area contributed by atoms with Gasteiger partial charge >= 0.3 is 6.03 Å². The number of pyridine rings is 2. The quantitative estimate of drug-likeness (QED) is 0.761. The molecule has 0 saturated carbocycles. The maximum Gasteiger partial charge on any atom is 0.328 e. The summed E-state index contributed by atoms with van der Waals surface area (Å²) in [4.78, 5) is 26.8. The summed E-state index contributed by atoms with van der Waals surface area (Å²) in [6.45, 7) is 9.79. The highest BCUT2D eigenvalue weighted by Gasteiger charge is 2.25. The van der Waals surface area contributed by atoms with Gasteiger partial charge in [-0.3, -0.25) is 10.2 Å². The zero-order valence-electron chi connectivity index (χ0n) is 18.2. The molecule has 2 amide bonds. The van der Waals surface area contributed by atoms with E-state index in [0.717, 1.165) is 55.2 Å². The molecule has 4 heterocycles. The summed E-state index contributed by atoms with van der Waals surface area (Å²) >= 11 is 0. The van der Waals surface area contributed by atoms with E-state index in [0.29, 0.717) is 24.1 Å². The fourth-order valence-corrected chi connectivity index (χ4v) is 4.36. The third-order valence-electron chi connectivity index (χ3n) is 5.80. The van der Waals surface area contributed by atoms with E-state index in [9.17, 15) is 4.79 Å². The Morgan fingerprint density at radius 1 is 1.13 bits per heavy atom. The molecule has 1 fully saturated rings. The molecule has 1 unspecified atom stereocenters. The van der Waals surface area contributed by atoms with E-state index in [4.69, 9.17) is 4.98 Å². The molecule has 7 heteroatoms. The van der Waals surface area contributed by atoms with Crippen LogP contribution in [0.1, 0.15) is 43.9 Å². The molecule has 0 radical (unpaired) electrons. The monoisotopic (exact) mass is 408 g/mol. The number of hydrogen-bond donors (Lipinski definition) is 2. The standard InChI is InChI=1S/C23H32N6O/c1-16-7-6-11-28(15-16)21-9-8-19-22(27-21)29(12-5-4-10-24-19)23(30)26-20-14-17(2)13-18(3)25-20/h8-9,13-14,16,24H,4-7,10-12,15H2,1-3H3,(H,25,26,30). The Kier molecular flexibility index (Phi) is 6.06. The zero-order valence-corrected chi connectivity index (χ0v) is 18.2. The van der Waals surface area contributed by atoms with Gasteiger partial charge in [-0.15, -0.1) is 0 Å². The number of aromatic nitrogens is 2. The van der Waals surface area contributed by atoms with Gasteiger partial charge in [-0.25, -0.2) is 14.8 Å². The van der Waals surface area contributed by atoms with Crippen LogP contribution in [0.3, 0.4) is 0 Å². The average molecular weight is 409 g/mol. The summed E-state index contributed by atoms with van der Waals surface area (Å²) in [6, 6.07) is 7.85. The normalized spacial score (nSPS) is 19.4. The van der Waals surface area contributed by atoms with Crippen LogP contribution in [0, 0.1) is 19.8 Å². The van der Waals surface area contributed by atoms with Crippen molar-refractivity contribution in [1.82, 2.24) is 9.97 Å². The molecule has 2 aromatic heterocycles. The Balaban J connectivity index is 1.63. The van der Waals surface area contributed by atoms with Gasteiger partial charge in [0.1, 0.15) is 11.6 Å². The summed E-state index contributed by atoms with van der Waals surface area (Å²) in [5, 5.41) is 6.44. The van der Waals surface area contributed by atoms with Gasteiger partial charge in [-0.1, -0.05) is 6.92 Å². The molecule has 30 heavy (non-hydrogen) atoms. The highest BCUT2D eigenvalue weighted by Crippen LogP contribution is 2.31. The Morgan fingerprint density at radius 2 is 2.00 bits per heavy atom. The molecule has 4 rings (SSSR count). The Hall–Kier alpha value is -2.83. The fourth-order valence-electron chi connectivity index (χ4n) is 4.36. The van der Waals surface area contributed by atoms with Gasteiger partial charge in [0, 0.05) is 31.9 Å². The predicted molar refractivity (Wildman–Crippen MR) is 123 cm³/mol. The topological polar surface area (TPSA) is 73.4 Å². The highest BCUT2D eigenvalue weighted by molar-refractivity contribution is 6.02. The third-order valence-corrected chi connectivity index (χ3v) is 5.80. The molecule has 2 aromatic rings. The largest absolute Gasteiger partial charge is 0.382 e. The van der Waals surface area contributed by atoms with E-state index in [-0.39, 0.29) is 6.03 Å². The van der Waals surface area contributed by atoms with Crippen LogP contribution in [0.4, 0.5) is 27.9 Å². The lowest BCUT2D eigenvalue weighted by Crippen LogP contribution is -2.39. The van der Waals surface area contributed by atoms with Crippen LogP contribution in [-0.4, -0.2) is 42.2 Å². The van der Waals surface area contributed by atoms with E-state index in [1.807, 2.05) is 26.0 Å². The van der Waals surface area contributed by atoms with Gasteiger partial charge < -0.3 is 10.2 Å². The number of fused-ring (bicyclic) bond motifs is 1.